The second-order valence-electron chi connectivity index (χ2n) is 6.25. The molecule has 3 rings (SSSR count). The summed E-state index contributed by atoms with van der Waals surface area (Å²) in [6.45, 7) is 1.99. The number of nitrogens with zero attached hydrogens (tertiary/aromatic N) is 2. The summed E-state index contributed by atoms with van der Waals surface area (Å²) in [7, 11) is 2.78. The number of pyridine rings is 1. The Labute approximate surface area is 160 Å². The Hall–Kier alpha value is -3.68. The van der Waals surface area contributed by atoms with Crippen LogP contribution in [-0.4, -0.2) is 29.7 Å². The van der Waals surface area contributed by atoms with Crippen molar-refractivity contribution in [2.45, 2.75) is 13.5 Å². The third-order valence-corrected chi connectivity index (χ3v) is 4.50. The highest BCUT2D eigenvalue weighted by molar-refractivity contribution is 5.90. The third-order valence-electron chi connectivity index (χ3n) is 4.50. The topological polar surface area (TPSA) is 101 Å². The maximum Gasteiger partial charge on any atom is 0.337 e. The summed E-state index contributed by atoms with van der Waals surface area (Å²) >= 11 is 0. The molecule has 144 valence electrons. The van der Waals surface area contributed by atoms with Gasteiger partial charge >= 0.3 is 5.97 Å². The third kappa shape index (κ3) is 3.44. The van der Waals surface area contributed by atoms with E-state index in [9.17, 15) is 19.7 Å². The van der Waals surface area contributed by atoms with E-state index in [2.05, 4.69) is 0 Å². The molecule has 28 heavy (non-hydrogen) atoms. The van der Waals surface area contributed by atoms with Crippen molar-refractivity contribution >= 4 is 22.6 Å². The highest BCUT2D eigenvalue weighted by atomic mass is 16.6. The second kappa shape index (κ2) is 7.51. The highest BCUT2D eigenvalue weighted by Gasteiger charge is 2.15. The Morgan fingerprint density at radius 3 is 2.57 bits per heavy atom. The number of fused-ring (bicyclic) bond motifs is 1. The van der Waals surface area contributed by atoms with Gasteiger partial charge in [0.1, 0.15) is 5.75 Å². The number of rotatable bonds is 5. The number of aryl methyl sites for hydroxylation is 1. The van der Waals surface area contributed by atoms with Crippen LogP contribution < -0.4 is 10.2 Å². The number of carbonyl (C=O) groups is 1. The molecule has 0 aliphatic carbocycles. The summed E-state index contributed by atoms with van der Waals surface area (Å²) in [5, 5.41) is 11.5. The van der Waals surface area contributed by atoms with Gasteiger partial charge in [-0.05, 0) is 25.1 Å². The maximum atomic E-state index is 12.4. The van der Waals surface area contributed by atoms with Gasteiger partial charge in [0.15, 0.2) is 5.43 Å². The number of benzene rings is 2. The van der Waals surface area contributed by atoms with Crippen molar-refractivity contribution < 1.29 is 19.2 Å². The SMILES string of the molecule is COC(=O)c1ccc(Cn2cc(C)c(=O)c3ccc([N+](=O)[O-])cc32)c(OC)c1. The van der Waals surface area contributed by atoms with Crippen LogP contribution in [0.5, 0.6) is 5.75 Å². The smallest absolute Gasteiger partial charge is 0.337 e. The first-order valence-electron chi connectivity index (χ1n) is 8.39. The van der Waals surface area contributed by atoms with Gasteiger partial charge in [0.25, 0.3) is 5.69 Å². The Bertz CT molecular complexity index is 1150. The molecule has 0 radical (unpaired) electrons. The average molecular weight is 382 g/mol. The zero-order chi connectivity index (χ0) is 20.4. The molecule has 0 bridgehead atoms. The van der Waals surface area contributed by atoms with E-state index in [1.807, 2.05) is 0 Å². The lowest BCUT2D eigenvalue weighted by Gasteiger charge is -2.15. The van der Waals surface area contributed by atoms with Crippen LogP contribution in [0.2, 0.25) is 0 Å². The molecular formula is C20H18N2O6. The molecule has 0 spiro atoms. The minimum atomic E-state index is -0.500. The Kier molecular flexibility index (Phi) is 5.12. The molecule has 8 nitrogen and oxygen atoms in total. The molecule has 1 aromatic heterocycles. The molecule has 0 aliphatic rings. The van der Waals surface area contributed by atoms with Gasteiger partial charge in [-0.15, -0.1) is 0 Å². The molecular weight excluding hydrogens is 364 g/mol. The number of hydrogen-bond acceptors (Lipinski definition) is 6. The van der Waals surface area contributed by atoms with Gasteiger partial charge in [0, 0.05) is 34.8 Å². The van der Waals surface area contributed by atoms with Crippen molar-refractivity contribution in [2.24, 2.45) is 0 Å². The molecule has 0 fully saturated rings. The van der Waals surface area contributed by atoms with Crippen LogP contribution in [0, 0.1) is 17.0 Å². The van der Waals surface area contributed by atoms with E-state index in [1.165, 1.54) is 32.4 Å². The summed E-state index contributed by atoms with van der Waals surface area (Å²) in [4.78, 5) is 34.8. The normalized spacial score (nSPS) is 10.7. The first-order valence-corrected chi connectivity index (χ1v) is 8.39. The second-order valence-corrected chi connectivity index (χ2v) is 6.25. The van der Waals surface area contributed by atoms with E-state index in [4.69, 9.17) is 9.47 Å². The fraction of sp³-hybridized carbons (Fsp3) is 0.200. The van der Waals surface area contributed by atoms with Crippen LogP contribution in [0.15, 0.2) is 47.4 Å². The maximum absolute atomic E-state index is 12.4. The molecule has 2 aromatic carbocycles. The van der Waals surface area contributed by atoms with Crippen molar-refractivity contribution in [3.05, 3.63) is 79.6 Å². The van der Waals surface area contributed by atoms with E-state index < -0.39 is 10.9 Å². The number of esters is 1. The fourth-order valence-electron chi connectivity index (χ4n) is 3.07. The standard InChI is InChI=1S/C20H18N2O6/c1-12-10-21(17-9-15(22(25)26)6-7-16(17)19(12)23)11-14-5-4-13(20(24)28-3)8-18(14)27-2/h4-10H,11H2,1-3H3. The number of aromatic nitrogens is 1. The minimum Gasteiger partial charge on any atom is -0.496 e. The van der Waals surface area contributed by atoms with Crippen molar-refractivity contribution in [1.29, 1.82) is 0 Å². The van der Waals surface area contributed by atoms with Crippen molar-refractivity contribution in [1.82, 2.24) is 4.57 Å². The Morgan fingerprint density at radius 1 is 1.18 bits per heavy atom. The number of methoxy groups -OCH3 is 2. The number of carbonyl (C=O) groups excluding carboxylic acids is 1. The molecule has 0 N–H and O–H groups in total. The van der Waals surface area contributed by atoms with Gasteiger partial charge in [0.05, 0.1) is 36.8 Å². The number of ether oxygens (including phenoxy) is 2. The first-order chi connectivity index (χ1) is 13.3. The van der Waals surface area contributed by atoms with Gasteiger partial charge in [-0.2, -0.15) is 0 Å². The van der Waals surface area contributed by atoms with E-state index in [1.54, 1.807) is 35.9 Å². The van der Waals surface area contributed by atoms with Crippen LogP contribution in [0.4, 0.5) is 5.69 Å². The molecule has 1 heterocycles. The lowest BCUT2D eigenvalue weighted by molar-refractivity contribution is -0.384. The van der Waals surface area contributed by atoms with Crippen molar-refractivity contribution in [3.63, 3.8) is 0 Å². The molecule has 0 saturated carbocycles. The van der Waals surface area contributed by atoms with E-state index in [0.717, 1.165) is 5.56 Å². The Balaban J connectivity index is 2.15. The van der Waals surface area contributed by atoms with E-state index in [0.29, 0.717) is 34.3 Å². The molecule has 0 saturated heterocycles. The van der Waals surface area contributed by atoms with E-state index in [-0.39, 0.29) is 11.1 Å². The minimum absolute atomic E-state index is 0.0995. The molecule has 8 heteroatoms. The summed E-state index contributed by atoms with van der Waals surface area (Å²) in [6.07, 6.45) is 1.65. The van der Waals surface area contributed by atoms with Crippen LogP contribution in [0.3, 0.4) is 0 Å². The van der Waals surface area contributed by atoms with Gasteiger partial charge in [-0.1, -0.05) is 6.07 Å². The Morgan fingerprint density at radius 2 is 1.93 bits per heavy atom. The quantitative estimate of drug-likeness (QED) is 0.382. The predicted octanol–water partition coefficient (Wildman–Crippen LogP) is 3.06. The molecule has 3 aromatic rings. The number of nitro groups is 1. The molecule has 0 aliphatic heterocycles. The molecule has 0 atom stereocenters. The molecule has 0 amide bonds. The zero-order valence-corrected chi connectivity index (χ0v) is 15.6. The van der Waals surface area contributed by atoms with Gasteiger partial charge in [-0.25, -0.2) is 4.79 Å². The van der Waals surface area contributed by atoms with Crippen LogP contribution in [0.1, 0.15) is 21.5 Å². The summed E-state index contributed by atoms with van der Waals surface area (Å²) in [6, 6.07) is 9.08. The highest BCUT2D eigenvalue weighted by Crippen LogP contribution is 2.25. The number of non-ortho nitro benzene ring substituents is 1. The van der Waals surface area contributed by atoms with E-state index >= 15 is 0 Å². The number of nitro benzene ring substituents is 1. The van der Waals surface area contributed by atoms with Gasteiger partial charge in [-0.3, -0.25) is 14.9 Å². The number of hydrogen-bond donors (Lipinski definition) is 0. The fourth-order valence-corrected chi connectivity index (χ4v) is 3.07. The first kappa shape index (κ1) is 19.1. The summed E-state index contributed by atoms with van der Waals surface area (Å²) < 4.78 is 11.9. The van der Waals surface area contributed by atoms with Crippen LogP contribution in [-0.2, 0) is 11.3 Å². The monoisotopic (exact) mass is 382 g/mol. The largest absolute Gasteiger partial charge is 0.496 e. The van der Waals surface area contributed by atoms with Crippen LogP contribution >= 0.6 is 0 Å². The van der Waals surface area contributed by atoms with Crippen molar-refractivity contribution in [3.8, 4) is 5.75 Å². The lowest BCUT2D eigenvalue weighted by Crippen LogP contribution is -2.14. The van der Waals surface area contributed by atoms with Gasteiger partial charge in [0.2, 0.25) is 0 Å². The van der Waals surface area contributed by atoms with Crippen LogP contribution in [0.25, 0.3) is 10.9 Å². The predicted molar refractivity (Wildman–Crippen MR) is 103 cm³/mol. The molecule has 0 unspecified atom stereocenters. The summed E-state index contributed by atoms with van der Waals surface area (Å²) in [5.74, 6) is -0.0111. The zero-order valence-electron chi connectivity index (χ0n) is 15.6. The summed E-state index contributed by atoms with van der Waals surface area (Å²) in [5.41, 5.74) is 1.78. The lowest BCUT2D eigenvalue weighted by atomic mass is 10.1. The van der Waals surface area contributed by atoms with Gasteiger partial charge < -0.3 is 14.0 Å². The van der Waals surface area contributed by atoms with Crippen molar-refractivity contribution in [2.75, 3.05) is 14.2 Å². The average Bonchev–Trinajstić information content (AvgIpc) is 2.70.